The Kier molecular flexibility index (Phi) is 5.63. The molecule has 7 aromatic carbocycles. The molecule has 0 bridgehead atoms. The maximum Gasteiger partial charge on any atom is 0.235 e. The highest BCUT2D eigenvalue weighted by atomic mass is 15.2. The molecule has 0 aliphatic heterocycles. The molecule has 0 saturated carbocycles. The molecule has 226 valence electrons. The summed E-state index contributed by atoms with van der Waals surface area (Å²) >= 11 is 0. The van der Waals surface area contributed by atoms with Gasteiger partial charge in [0.2, 0.25) is 5.95 Å². The van der Waals surface area contributed by atoms with Crippen LogP contribution in [0.4, 0.5) is 0 Å². The lowest BCUT2D eigenvalue weighted by atomic mass is 9.78. The predicted octanol–water partition coefficient (Wildman–Crippen LogP) is 11.5. The van der Waals surface area contributed by atoms with Gasteiger partial charge >= 0.3 is 0 Å². The van der Waals surface area contributed by atoms with E-state index in [0.717, 1.165) is 33.2 Å². The molecule has 2 aromatic heterocycles. The summed E-state index contributed by atoms with van der Waals surface area (Å²) in [6.45, 7) is 4.73. The Morgan fingerprint density at radius 2 is 1.12 bits per heavy atom. The summed E-state index contributed by atoms with van der Waals surface area (Å²) in [5, 5.41) is 5.84. The van der Waals surface area contributed by atoms with E-state index in [9.17, 15) is 0 Å². The standard InChI is InChI=1S/C45H31N3/c1-45(2)38-24-10-8-18-31(38)32-20-12-21-33(41(32)45)34-22-13-23-35-37-26-29-16-6-7-17-30(29)27-40(37)48(43(34)35)44-46-39-25-11-9-19-36(39)42(47-44)28-14-4-3-5-15-28/h3-27H,1-2H3. The van der Waals surface area contributed by atoms with Crippen LogP contribution in [0.5, 0.6) is 0 Å². The number of nitrogens with zero attached hydrogens (tertiary/aromatic N) is 3. The predicted molar refractivity (Wildman–Crippen MR) is 200 cm³/mol. The third-order valence-electron chi connectivity index (χ3n) is 10.4. The first-order chi connectivity index (χ1) is 23.6. The molecule has 0 fully saturated rings. The third-order valence-corrected chi connectivity index (χ3v) is 10.4. The molecule has 2 heterocycles. The van der Waals surface area contributed by atoms with E-state index in [0.29, 0.717) is 5.95 Å². The van der Waals surface area contributed by atoms with Gasteiger partial charge in [-0.3, -0.25) is 4.57 Å². The number of aromatic nitrogens is 3. The summed E-state index contributed by atoms with van der Waals surface area (Å²) in [6.07, 6.45) is 0. The largest absolute Gasteiger partial charge is 0.277 e. The van der Waals surface area contributed by atoms with Crippen molar-refractivity contribution in [1.82, 2.24) is 14.5 Å². The van der Waals surface area contributed by atoms with Gasteiger partial charge < -0.3 is 0 Å². The number of hydrogen-bond acceptors (Lipinski definition) is 2. The van der Waals surface area contributed by atoms with Crippen LogP contribution in [0.2, 0.25) is 0 Å². The Labute approximate surface area is 278 Å². The van der Waals surface area contributed by atoms with Crippen LogP contribution in [0.25, 0.3) is 82.9 Å². The van der Waals surface area contributed by atoms with Crippen molar-refractivity contribution in [2.45, 2.75) is 19.3 Å². The topological polar surface area (TPSA) is 30.7 Å². The van der Waals surface area contributed by atoms with Crippen molar-refractivity contribution in [2.75, 3.05) is 0 Å². The molecule has 10 rings (SSSR count). The average molecular weight is 614 g/mol. The first kappa shape index (κ1) is 27.1. The normalized spacial score (nSPS) is 13.4. The molecular weight excluding hydrogens is 583 g/mol. The van der Waals surface area contributed by atoms with Gasteiger partial charge in [-0.05, 0) is 56.8 Å². The quantitative estimate of drug-likeness (QED) is 0.198. The SMILES string of the molecule is CC1(C)c2ccccc2-c2cccc(-c3cccc4c5cc6ccccc6cc5n(-c5nc(-c6ccccc6)c6ccccc6n5)c34)c21. The number of hydrogen-bond donors (Lipinski definition) is 0. The lowest BCUT2D eigenvalue weighted by Crippen LogP contribution is -2.16. The van der Waals surface area contributed by atoms with Crippen LogP contribution in [0.3, 0.4) is 0 Å². The van der Waals surface area contributed by atoms with Gasteiger partial charge in [-0.1, -0.05) is 147 Å². The Morgan fingerprint density at radius 3 is 1.98 bits per heavy atom. The van der Waals surface area contributed by atoms with Gasteiger partial charge in [-0.25, -0.2) is 9.97 Å². The second-order valence-electron chi connectivity index (χ2n) is 13.4. The van der Waals surface area contributed by atoms with Crippen LogP contribution in [-0.4, -0.2) is 14.5 Å². The fraction of sp³-hybridized carbons (Fsp3) is 0.0667. The molecule has 0 radical (unpaired) electrons. The monoisotopic (exact) mass is 613 g/mol. The van der Waals surface area contributed by atoms with Crippen LogP contribution in [0.1, 0.15) is 25.0 Å². The van der Waals surface area contributed by atoms with E-state index in [4.69, 9.17) is 9.97 Å². The number of rotatable bonds is 3. The third kappa shape index (κ3) is 3.76. The fourth-order valence-electron chi connectivity index (χ4n) is 8.23. The molecule has 0 atom stereocenters. The molecule has 0 unspecified atom stereocenters. The summed E-state index contributed by atoms with van der Waals surface area (Å²) < 4.78 is 2.32. The van der Waals surface area contributed by atoms with Gasteiger partial charge in [0, 0.05) is 32.7 Å². The van der Waals surface area contributed by atoms with E-state index in [1.807, 2.05) is 0 Å². The van der Waals surface area contributed by atoms with Crippen LogP contribution < -0.4 is 0 Å². The van der Waals surface area contributed by atoms with Crippen LogP contribution in [-0.2, 0) is 5.41 Å². The van der Waals surface area contributed by atoms with E-state index in [-0.39, 0.29) is 5.41 Å². The molecule has 1 aliphatic rings. The van der Waals surface area contributed by atoms with Crippen molar-refractivity contribution in [2.24, 2.45) is 0 Å². The fourth-order valence-corrected chi connectivity index (χ4v) is 8.23. The van der Waals surface area contributed by atoms with Crippen molar-refractivity contribution in [3.05, 3.63) is 163 Å². The molecule has 0 N–H and O–H groups in total. The summed E-state index contributed by atoms with van der Waals surface area (Å²) in [7, 11) is 0. The Hall–Kier alpha value is -6.06. The van der Waals surface area contributed by atoms with Crippen molar-refractivity contribution in [1.29, 1.82) is 0 Å². The summed E-state index contributed by atoms with van der Waals surface area (Å²) in [4.78, 5) is 10.7. The van der Waals surface area contributed by atoms with Crippen molar-refractivity contribution >= 4 is 43.5 Å². The molecule has 3 heteroatoms. The summed E-state index contributed by atoms with van der Waals surface area (Å²) in [5.41, 5.74) is 12.8. The Balaban J connectivity index is 1.36. The molecule has 0 spiro atoms. The molecule has 3 nitrogen and oxygen atoms in total. The van der Waals surface area contributed by atoms with Gasteiger partial charge in [0.05, 0.1) is 22.2 Å². The highest BCUT2D eigenvalue weighted by molar-refractivity contribution is 6.17. The van der Waals surface area contributed by atoms with Gasteiger partial charge in [-0.15, -0.1) is 0 Å². The highest BCUT2D eigenvalue weighted by Crippen LogP contribution is 2.53. The molecule has 48 heavy (non-hydrogen) atoms. The molecule has 1 aliphatic carbocycles. The zero-order valence-electron chi connectivity index (χ0n) is 26.8. The van der Waals surface area contributed by atoms with E-state index in [1.165, 1.54) is 54.9 Å². The number of benzene rings is 7. The van der Waals surface area contributed by atoms with Gasteiger partial charge in [-0.2, -0.15) is 0 Å². The van der Waals surface area contributed by atoms with Gasteiger partial charge in [0.1, 0.15) is 0 Å². The Bertz CT molecular complexity index is 2750. The Morgan fingerprint density at radius 1 is 0.500 bits per heavy atom. The molecule has 0 amide bonds. The second kappa shape index (κ2) is 9.97. The molecular formula is C45H31N3. The van der Waals surface area contributed by atoms with Crippen LogP contribution in [0.15, 0.2) is 152 Å². The first-order valence-corrected chi connectivity index (χ1v) is 16.6. The summed E-state index contributed by atoms with van der Waals surface area (Å²) in [6, 6.07) is 54.5. The minimum Gasteiger partial charge on any atom is -0.277 e. The highest BCUT2D eigenvalue weighted by Gasteiger charge is 2.37. The zero-order chi connectivity index (χ0) is 32.0. The average Bonchev–Trinajstić information content (AvgIpc) is 3.58. The zero-order valence-corrected chi connectivity index (χ0v) is 26.8. The molecule has 9 aromatic rings. The summed E-state index contributed by atoms with van der Waals surface area (Å²) in [5.74, 6) is 0.672. The smallest absolute Gasteiger partial charge is 0.235 e. The lowest BCUT2D eigenvalue weighted by molar-refractivity contribution is 0.662. The maximum absolute atomic E-state index is 5.41. The minimum absolute atomic E-state index is 0.157. The van der Waals surface area contributed by atoms with Crippen molar-refractivity contribution in [3.63, 3.8) is 0 Å². The van der Waals surface area contributed by atoms with Crippen LogP contribution >= 0.6 is 0 Å². The van der Waals surface area contributed by atoms with Gasteiger partial charge in [0.15, 0.2) is 0 Å². The van der Waals surface area contributed by atoms with Crippen molar-refractivity contribution < 1.29 is 0 Å². The number of para-hydroxylation sites is 2. The second-order valence-corrected chi connectivity index (χ2v) is 13.4. The number of fused-ring (bicyclic) bond motifs is 8. The minimum atomic E-state index is -0.157. The van der Waals surface area contributed by atoms with Crippen LogP contribution in [0, 0.1) is 0 Å². The van der Waals surface area contributed by atoms with E-state index in [2.05, 4.69) is 170 Å². The van der Waals surface area contributed by atoms with E-state index < -0.39 is 0 Å². The lowest BCUT2D eigenvalue weighted by Gasteiger charge is -2.25. The van der Waals surface area contributed by atoms with E-state index >= 15 is 0 Å². The van der Waals surface area contributed by atoms with Crippen molar-refractivity contribution in [3.8, 4) is 39.5 Å². The van der Waals surface area contributed by atoms with E-state index in [1.54, 1.807) is 0 Å². The maximum atomic E-state index is 5.41. The molecule has 0 saturated heterocycles. The first-order valence-electron chi connectivity index (χ1n) is 16.6. The van der Waals surface area contributed by atoms with Gasteiger partial charge in [0.25, 0.3) is 0 Å².